The lowest BCUT2D eigenvalue weighted by molar-refractivity contribution is -0.138. The van der Waals surface area contributed by atoms with Gasteiger partial charge in [-0.25, -0.2) is 8.42 Å². The van der Waals surface area contributed by atoms with Gasteiger partial charge < -0.3 is 5.32 Å². The molecule has 3 aromatic rings. The van der Waals surface area contributed by atoms with Gasteiger partial charge >= 0.3 is 12.4 Å². The van der Waals surface area contributed by atoms with Crippen molar-refractivity contribution >= 4 is 27.3 Å². The van der Waals surface area contributed by atoms with Gasteiger partial charge in [-0.15, -0.1) is 0 Å². The van der Waals surface area contributed by atoms with E-state index >= 15 is 0 Å². The molecule has 0 aliphatic heterocycles. The van der Waals surface area contributed by atoms with Crippen LogP contribution in [0.1, 0.15) is 27.8 Å². The molecule has 3 aromatic carbocycles. The van der Waals surface area contributed by atoms with Gasteiger partial charge in [-0.3, -0.25) is 9.10 Å². The molecule has 0 saturated carbocycles. The number of hydrogen-bond acceptors (Lipinski definition) is 3. The number of sulfonamides is 1. The highest BCUT2D eigenvalue weighted by Gasteiger charge is 2.34. The van der Waals surface area contributed by atoms with E-state index in [0.29, 0.717) is 21.5 Å². The number of nitrogens with one attached hydrogen (secondary N) is 1. The first-order valence-corrected chi connectivity index (χ1v) is 12.2. The molecule has 0 aliphatic rings. The topological polar surface area (TPSA) is 66.5 Å². The van der Waals surface area contributed by atoms with Crippen LogP contribution < -0.4 is 9.62 Å². The van der Waals surface area contributed by atoms with Crippen molar-refractivity contribution in [2.45, 2.75) is 38.0 Å². The van der Waals surface area contributed by atoms with Crippen molar-refractivity contribution in [2.75, 3.05) is 16.2 Å². The minimum Gasteiger partial charge on any atom is -0.325 e. The Hall–Kier alpha value is -3.54. The summed E-state index contributed by atoms with van der Waals surface area (Å²) in [6, 6.07) is 10.1. The molecule has 198 valence electrons. The zero-order chi connectivity index (χ0) is 27.8. The Kier molecular flexibility index (Phi) is 7.64. The van der Waals surface area contributed by atoms with Gasteiger partial charge in [0, 0.05) is 5.69 Å². The quantitative estimate of drug-likeness (QED) is 0.361. The van der Waals surface area contributed by atoms with Crippen LogP contribution in [0.3, 0.4) is 0 Å². The fraction of sp³-hybridized carbons (Fsp3) is 0.240. The lowest BCUT2D eigenvalue weighted by Crippen LogP contribution is -2.39. The molecule has 0 radical (unpaired) electrons. The molecule has 5 nitrogen and oxygen atoms in total. The van der Waals surface area contributed by atoms with E-state index in [2.05, 4.69) is 5.32 Å². The third-order valence-electron chi connectivity index (χ3n) is 5.40. The van der Waals surface area contributed by atoms with E-state index in [4.69, 9.17) is 0 Å². The van der Waals surface area contributed by atoms with Crippen molar-refractivity contribution in [1.82, 2.24) is 0 Å². The van der Waals surface area contributed by atoms with Gasteiger partial charge in [0.05, 0.1) is 21.7 Å². The number of carbonyl (C=O) groups is 1. The monoisotopic (exact) mass is 544 g/mol. The van der Waals surface area contributed by atoms with Crippen LogP contribution in [0.25, 0.3) is 0 Å². The zero-order valence-corrected chi connectivity index (χ0v) is 20.6. The lowest BCUT2D eigenvalue weighted by Gasteiger charge is -2.26. The van der Waals surface area contributed by atoms with Crippen LogP contribution in [-0.4, -0.2) is 20.9 Å². The van der Waals surface area contributed by atoms with E-state index in [1.54, 1.807) is 19.1 Å². The summed E-state index contributed by atoms with van der Waals surface area (Å²) in [4.78, 5) is 12.6. The highest BCUT2D eigenvalue weighted by Crippen LogP contribution is 2.35. The standard InChI is InChI=1S/C25H22F6N2O3S/c1-15-11-16(2)23(17(3)12-15)37(35,36)33(21-6-4-5-19(13-21)25(29,30)31)14-22(34)32-20-9-7-18(8-10-20)24(26,27)28/h4-13H,14H2,1-3H3,(H,32,34). The van der Waals surface area contributed by atoms with Crippen molar-refractivity contribution in [1.29, 1.82) is 0 Å². The molecule has 1 N–H and O–H groups in total. The zero-order valence-electron chi connectivity index (χ0n) is 19.8. The van der Waals surface area contributed by atoms with Crippen LogP contribution in [0.5, 0.6) is 0 Å². The van der Waals surface area contributed by atoms with Crippen LogP contribution in [0.15, 0.2) is 65.6 Å². The third kappa shape index (κ3) is 6.43. The molecular formula is C25H22F6N2O3S. The number of halogens is 6. The first kappa shape index (κ1) is 28.0. The number of benzene rings is 3. The Morgan fingerprint density at radius 3 is 1.86 bits per heavy atom. The first-order chi connectivity index (χ1) is 17.0. The SMILES string of the molecule is Cc1cc(C)c(S(=O)(=O)N(CC(=O)Nc2ccc(C(F)(F)F)cc2)c2cccc(C(F)(F)F)c2)c(C)c1. The molecule has 0 saturated heterocycles. The summed E-state index contributed by atoms with van der Waals surface area (Å²) >= 11 is 0. The van der Waals surface area contributed by atoms with Crippen molar-refractivity contribution in [2.24, 2.45) is 0 Å². The number of hydrogen-bond donors (Lipinski definition) is 1. The average Bonchev–Trinajstić information content (AvgIpc) is 2.75. The number of alkyl halides is 6. The lowest BCUT2D eigenvalue weighted by atomic mass is 10.1. The molecule has 0 aromatic heterocycles. The largest absolute Gasteiger partial charge is 0.416 e. The number of anilines is 2. The van der Waals surface area contributed by atoms with Gasteiger partial charge in [0.1, 0.15) is 6.54 Å². The molecule has 0 spiro atoms. The highest BCUT2D eigenvalue weighted by atomic mass is 32.2. The maximum absolute atomic E-state index is 13.7. The summed E-state index contributed by atoms with van der Waals surface area (Å²) in [5.41, 5.74) is -1.11. The summed E-state index contributed by atoms with van der Waals surface area (Å²) in [7, 11) is -4.55. The van der Waals surface area contributed by atoms with Crippen molar-refractivity contribution < 1.29 is 39.6 Å². The molecule has 0 heterocycles. The molecule has 0 unspecified atom stereocenters. The Labute approximate surface area is 209 Å². The van der Waals surface area contributed by atoms with Gasteiger partial charge in [-0.1, -0.05) is 23.8 Å². The van der Waals surface area contributed by atoms with Gasteiger partial charge in [-0.05, 0) is 74.4 Å². The van der Waals surface area contributed by atoms with E-state index in [0.717, 1.165) is 48.0 Å². The fourth-order valence-corrected chi connectivity index (χ4v) is 5.74. The molecule has 12 heteroatoms. The van der Waals surface area contributed by atoms with Crippen LogP contribution in [0.4, 0.5) is 37.7 Å². The number of aryl methyl sites for hydroxylation is 3. The third-order valence-corrected chi connectivity index (χ3v) is 7.48. The molecule has 0 atom stereocenters. The van der Waals surface area contributed by atoms with E-state index in [1.807, 2.05) is 0 Å². The first-order valence-electron chi connectivity index (χ1n) is 10.7. The van der Waals surface area contributed by atoms with Gasteiger partial charge in [0.15, 0.2) is 0 Å². The van der Waals surface area contributed by atoms with Crippen LogP contribution in [0, 0.1) is 20.8 Å². The predicted octanol–water partition coefficient (Wildman–Crippen LogP) is 6.48. The second-order valence-corrected chi connectivity index (χ2v) is 10.2. The second-order valence-electron chi connectivity index (χ2n) is 8.41. The fourth-order valence-electron chi connectivity index (χ4n) is 3.91. The smallest absolute Gasteiger partial charge is 0.325 e. The number of carbonyl (C=O) groups excluding carboxylic acids is 1. The van der Waals surface area contributed by atoms with E-state index in [9.17, 15) is 39.6 Å². The van der Waals surface area contributed by atoms with Crippen molar-refractivity contribution in [3.8, 4) is 0 Å². The Balaban J connectivity index is 2.04. The molecule has 0 fully saturated rings. The average molecular weight is 545 g/mol. The molecule has 1 amide bonds. The summed E-state index contributed by atoms with van der Waals surface area (Å²) in [5.74, 6) is -0.969. The van der Waals surface area contributed by atoms with E-state index in [-0.39, 0.29) is 10.6 Å². The highest BCUT2D eigenvalue weighted by molar-refractivity contribution is 7.93. The number of amides is 1. The van der Waals surface area contributed by atoms with Crippen molar-refractivity contribution in [3.63, 3.8) is 0 Å². The minimum atomic E-state index is -4.77. The summed E-state index contributed by atoms with van der Waals surface area (Å²) in [6.45, 7) is 3.87. The van der Waals surface area contributed by atoms with Crippen LogP contribution in [0.2, 0.25) is 0 Å². The summed E-state index contributed by atoms with van der Waals surface area (Å²) < 4.78 is 106. The predicted molar refractivity (Wildman–Crippen MR) is 127 cm³/mol. The maximum Gasteiger partial charge on any atom is 0.416 e. The van der Waals surface area contributed by atoms with E-state index < -0.39 is 51.6 Å². The van der Waals surface area contributed by atoms with Crippen LogP contribution >= 0.6 is 0 Å². The molecular weight excluding hydrogens is 522 g/mol. The molecule has 37 heavy (non-hydrogen) atoms. The number of rotatable bonds is 6. The van der Waals surface area contributed by atoms with E-state index in [1.165, 1.54) is 13.8 Å². The Morgan fingerprint density at radius 1 is 0.811 bits per heavy atom. The Morgan fingerprint density at radius 2 is 1.35 bits per heavy atom. The molecule has 0 aliphatic carbocycles. The molecule has 3 rings (SSSR count). The summed E-state index contributed by atoms with van der Waals surface area (Å²) in [5, 5.41) is 2.29. The molecule has 0 bridgehead atoms. The van der Waals surface area contributed by atoms with Crippen LogP contribution in [-0.2, 0) is 27.2 Å². The maximum atomic E-state index is 13.7. The van der Waals surface area contributed by atoms with Gasteiger partial charge in [0.25, 0.3) is 10.0 Å². The normalized spacial score (nSPS) is 12.4. The Bertz CT molecular complexity index is 1390. The second kappa shape index (κ2) is 10.1. The number of nitrogens with zero attached hydrogens (tertiary/aromatic N) is 1. The van der Waals surface area contributed by atoms with Gasteiger partial charge in [0.2, 0.25) is 5.91 Å². The summed E-state index contributed by atoms with van der Waals surface area (Å²) in [6.07, 6.45) is -9.37. The van der Waals surface area contributed by atoms with Crippen molar-refractivity contribution in [3.05, 3.63) is 88.5 Å². The minimum absolute atomic E-state index is 0.0536. The van der Waals surface area contributed by atoms with Gasteiger partial charge in [-0.2, -0.15) is 26.3 Å².